The van der Waals surface area contributed by atoms with E-state index in [9.17, 15) is 0 Å². The van der Waals surface area contributed by atoms with Crippen LogP contribution in [0.25, 0.3) is 10.9 Å². The third-order valence-corrected chi connectivity index (χ3v) is 5.12. The molecule has 1 aromatic carbocycles. The van der Waals surface area contributed by atoms with Gasteiger partial charge < -0.3 is 20.5 Å². The van der Waals surface area contributed by atoms with E-state index in [1.165, 1.54) is 5.39 Å². The largest absolute Gasteiger partial charge is 0.357 e. The van der Waals surface area contributed by atoms with Crippen LogP contribution in [0.4, 0.5) is 5.82 Å². The molecule has 0 bridgehead atoms. The van der Waals surface area contributed by atoms with Gasteiger partial charge in [0.25, 0.3) is 0 Å². The van der Waals surface area contributed by atoms with Crippen LogP contribution in [0.3, 0.4) is 0 Å². The Bertz CT molecular complexity index is 924. The number of nitrogens with one attached hydrogen (secondary N) is 3. The normalized spacial score (nSPS) is 16.9. The zero-order chi connectivity index (χ0) is 18.6. The Balaban J connectivity index is 0.00000225. The molecule has 1 saturated heterocycles. The Labute approximate surface area is 186 Å². The number of aromatic amines is 1. The summed E-state index contributed by atoms with van der Waals surface area (Å²) in [6, 6.07) is 14.5. The maximum Gasteiger partial charge on any atom is 0.191 e. The molecular formula is C20H24ClIN6. The summed E-state index contributed by atoms with van der Waals surface area (Å²) in [7, 11) is 1.79. The van der Waals surface area contributed by atoms with Crippen molar-refractivity contribution >= 4 is 58.3 Å². The number of hydrogen-bond donors (Lipinski definition) is 3. The van der Waals surface area contributed by atoms with Gasteiger partial charge in [0.05, 0.1) is 11.6 Å². The molecule has 1 aliphatic heterocycles. The molecule has 3 heterocycles. The Morgan fingerprint density at radius 2 is 2.18 bits per heavy atom. The summed E-state index contributed by atoms with van der Waals surface area (Å²) in [5.74, 6) is 1.65. The van der Waals surface area contributed by atoms with Gasteiger partial charge in [0.15, 0.2) is 5.96 Å². The van der Waals surface area contributed by atoms with Crippen LogP contribution in [0.1, 0.15) is 12.1 Å². The molecule has 6 nitrogen and oxygen atoms in total. The fourth-order valence-electron chi connectivity index (χ4n) is 3.48. The fourth-order valence-corrected chi connectivity index (χ4v) is 3.72. The van der Waals surface area contributed by atoms with Crippen molar-refractivity contribution < 1.29 is 0 Å². The van der Waals surface area contributed by atoms with Crippen molar-refractivity contribution in [2.75, 3.05) is 25.0 Å². The van der Waals surface area contributed by atoms with Crippen LogP contribution >= 0.6 is 35.6 Å². The van der Waals surface area contributed by atoms with E-state index in [1.54, 1.807) is 13.2 Å². The number of benzene rings is 1. The Kier molecular flexibility index (Phi) is 7.01. The van der Waals surface area contributed by atoms with E-state index >= 15 is 0 Å². The van der Waals surface area contributed by atoms with Crippen molar-refractivity contribution in [1.82, 2.24) is 20.6 Å². The number of hydrogen-bond acceptors (Lipinski definition) is 3. The minimum Gasteiger partial charge on any atom is -0.357 e. The molecular weight excluding hydrogens is 487 g/mol. The standard InChI is InChI=1S/C20H23ClN6.HI/c1-22-20(24-12-16-11-14-5-2-3-7-18(14)25-16)26-15-8-10-27(13-15)19-17(21)6-4-9-23-19;/h2-7,9,11,15,25H,8,10,12-13H2,1H3,(H2,22,24,26);1H. The van der Waals surface area contributed by atoms with Crippen LogP contribution in [0.15, 0.2) is 53.7 Å². The zero-order valence-corrected chi connectivity index (χ0v) is 18.7. The summed E-state index contributed by atoms with van der Waals surface area (Å²) >= 11 is 6.27. The van der Waals surface area contributed by atoms with Crippen molar-refractivity contribution in [3.05, 3.63) is 59.4 Å². The highest BCUT2D eigenvalue weighted by Gasteiger charge is 2.25. The number of anilines is 1. The number of nitrogens with zero attached hydrogens (tertiary/aromatic N) is 3. The molecule has 0 aliphatic carbocycles. The van der Waals surface area contributed by atoms with E-state index in [4.69, 9.17) is 11.6 Å². The van der Waals surface area contributed by atoms with Crippen molar-refractivity contribution in [3.63, 3.8) is 0 Å². The minimum absolute atomic E-state index is 0. The first-order valence-electron chi connectivity index (χ1n) is 9.12. The summed E-state index contributed by atoms with van der Waals surface area (Å²) in [5, 5.41) is 8.80. The number of fused-ring (bicyclic) bond motifs is 1. The second kappa shape index (κ2) is 9.47. The SMILES string of the molecule is CN=C(NCc1cc2ccccc2[nH]1)NC1CCN(c2ncccc2Cl)C1.I. The highest BCUT2D eigenvalue weighted by Crippen LogP contribution is 2.25. The molecule has 1 unspecified atom stereocenters. The van der Waals surface area contributed by atoms with Gasteiger partial charge in [-0.3, -0.25) is 4.99 Å². The number of aromatic nitrogens is 2. The molecule has 0 radical (unpaired) electrons. The first-order chi connectivity index (χ1) is 13.2. The quantitative estimate of drug-likeness (QED) is 0.284. The maximum atomic E-state index is 6.27. The van der Waals surface area contributed by atoms with Gasteiger partial charge in [-0.05, 0) is 36.1 Å². The third-order valence-electron chi connectivity index (χ3n) is 4.82. The van der Waals surface area contributed by atoms with Crippen LogP contribution in [0, 0.1) is 0 Å². The molecule has 2 aromatic heterocycles. The van der Waals surface area contributed by atoms with Gasteiger partial charge in [-0.1, -0.05) is 29.8 Å². The van der Waals surface area contributed by atoms with Crippen molar-refractivity contribution in [1.29, 1.82) is 0 Å². The highest BCUT2D eigenvalue weighted by molar-refractivity contribution is 14.0. The van der Waals surface area contributed by atoms with Crippen LogP contribution < -0.4 is 15.5 Å². The monoisotopic (exact) mass is 510 g/mol. The van der Waals surface area contributed by atoms with E-state index in [1.807, 2.05) is 24.3 Å². The number of para-hydroxylation sites is 1. The molecule has 148 valence electrons. The van der Waals surface area contributed by atoms with E-state index in [-0.39, 0.29) is 24.0 Å². The van der Waals surface area contributed by atoms with E-state index in [0.717, 1.165) is 42.5 Å². The number of guanidine groups is 1. The molecule has 1 fully saturated rings. The predicted molar refractivity (Wildman–Crippen MR) is 127 cm³/mol. The molecule has 3 N–H and O–H groups in total. The van der Waals surface area contributed by atoms with Crippen LogP contribution in [0.2, 0.25) is 5.02 Å². The number of pyridine rings is 1. The lowest BCUT2D eigenvalue weighted by Crippen LogP contribution is -2.44. The summed E-state index contributed by atoms with van der Waals surface area (Å²) in [4.78, 5) is 14.4. The van der Waals surface area contributed by atoms with Gasteiger partial charge in [-0.15, -0.1) is 24.0 Å². The van der Waals surface area contributed by atoms with E-state index in [2.05, 4.69) is 48.7 Å². The average molecular weight is 511 g/mol. The summed E-state index contributed by atoms with van der Waals surface area (Å²) in [5.41, 5.74) is 2.28. The second-order valence-electron chi connectivity index (χ2n) is 6.69. The summed E-state index contributed by atoms with van der Waals surface area (Å²) in [6.45, 7) is 2.47. The maximum absolute atomic E-state index is 6.27. The molecule has 8 heteroatoms. The highest BCUT2D eigenvalue weighted by atomic mass is 127. The average Bonchev–Trinajstić information content (AvgIpc) is 3.32. The molecule has 3 aromatic rings. The Morgan fingerprint density at radius 1 is 1.32 bits per heavy atom. The Hall–Kier alpha value is -2.00. The first-order valence-corrected chi connectivity index (χ1v) is 9.50. The van der Waals surface area contributed by atoms with Crippen LogP contribution in [-0.4, -0.2) is 42.1 Å². The second-order valence-corrected chi connectivity index (χ2v) is 7.10. The van der Waals surface area contributed by atoms with Crippen molar-refractivity contribution in [2.45, 2.75) is 19.0 Å². The van der Waals surface area contributed by atoms with Gasteiger partial charge in [-0.25, -0.2) is 4.98 Å². The van der Waals surface area contributed by atoms with Crippen LogP contribution in [0.5, 0.6) is 0 Å². The number of H-pyrrole nitrogens is 1. The molecule has 1 aliphatic rings. The molecule has 0 spiro atoms. The predicted octanol–water partition coefficient (Wildman–Crippen LogP) is 3.78. The number of halogens is 2. The van der Waals surface area contributed by atoms with E-state index < -0.39 is 0 Å². The minimum atomic E-state index is 0. The molecule has 28 heavy (non-hydrogen) atoms. The summed E-state index contributed by atoms with van der Waals surface area (Å²) in [6.07, 6.45) is 2.79. The van der Waals surface area contributed by atoms with Crippen molar-refractivity contribution in [2.24, 2.45) is 4.99 Å². The summed E-state index contributed by atoms with van der Waals surface area (Å²) < 4.78 is 0. The van der Waals surface area contributed by atoms with Crippen molar-refractivity contribution in [3.8, 4) is 0 Å². The smallest absolute Gasteiger partial charge is 0.191 e. The van der Waals surface area contributed by atoms with Gasteiger partial charge in [0.2, 0.25) is 0 Å². The lowest BCUT2D eigenvalue weighted by Gasteiger charge is -2.20. The molecule has 0 saturated carbocycles. The molecule has 1 atom stereocenters. The topological polar surface area (TPSA) is 68.3 Å². The third kappa shape index (κ3) is 4.70. The molecule has 0 amide bonds. The fraction of sp³-hybridized carbons (Fsp3) is 0.300. The van der Waals surface area contributed by atoms with Gasteiger partial charge in [0, 0.05) is 43.6 Å². The molecule has 4 rings (SSSR count). The lowest BCUT2D eigenvalue weighted by molar-refractivity contribution is 0.647. The van der Waals surface area contributed by atoms with Gasteiger partial charge in [-0.2, -0.15) is 0 Å². The van der Waals surface area contributed by atoms with Gasteiger partial charge in [0.1, 0.15) is 5.82 Å². The van der Waals surface area contributed by atoms with E-state index in [0.29, 0.717) is 17.6 Å². The lowest BCUT2D eigenvalue weighted by atomic mass is 10.2. The van der Waals surface area contributed by atoms with Gasteiger partial charge >= 0.3 is 0 Å². The number of aliphatic imine (C=N–C) groups is 1. The van der Waals surface area contributed by atoms with Crippen LogP contribution in [-0.2, 0) is 6.54 Å². The Morgan fingerprint density at radius 3 is 2.96 bits per heavy atom. The number of rotatable bonds is 4. The first kappa shape index (κ1) is 20.7. The zero-order valence-electron chi connectivity index (χ0n) is 15.7.